The van der Waals surface area contributed by atoms with Gasteiger partial charge in [-0.2, -0.15) is 0 Å². The molecule has 1 heterocycles. The van der Waals surface area contributed by atoms with Gasteiger partial charge in [0.1, 0.15) is 5.54 Å². The molecule has 1 aromatic heterocycles. The van der Waals surface area contributed by atoms with Gasteiger partial charge >= 0.3 is 11.7 Å². The van der Waals surface area contributed by atoms with Gasteiger partial charge in [-0.25, -0.2) is 9.59 Å². The number of imidazole rings is 1. The Labute approximate surface area is 227 Å². The van der Waals surface area contributed by atoms with Crippen molar-refractivity contribution in [1.29, 1.82) is 0 Å². The zero-order chi connectivity index (χ0) is 26.5. The summed E-state index contributed by atoms with van der Waals surface area (Å²) in [6, 6.07) is 17.2. The fourth-order valence-electron chi connectivity index (χ4n) is 4.52. The summed E-state index contributed by atoms with van der Waals surface area (Å²) in [5, 5.41) is 13.2. The van der Waals surface area contributed by atoms with E-state index < -0.39 is 17.4 Å². The molecule has 190 valence electrons. The largest absolute Gasteiger partial charge is 0.480 e. The van der Waals surface area contributed by atoms with Gasteiger partial charge in [-0.15, -0.1) is 0 Å². The summed E-state index contributed by atoms with van der Waals surface area (Å²) >= 11 is 18.8. The highest BCUT2D eigenvalue weighted by atomic mass is 35.5. The summed E-state index contributed by atoms with van der Waals surface area (Å²) in [7, 11) is 0. The molecule has 7 nitrogen and oxygen atoms in total. The number of para-hydroxylation sites is 1. The van der Waals surface area contributed by atoms with E-state index in [0.29, 0.717) is 21.8 Å². The van der Waals surface area contributed by atoms with Crippen LogP contribution in [-0.4, -0.2) is 31.7 Å². The van der Waals surface area contributed by atoms with Crippen LogP contribution in [-0.2, 0) is 11.2 Å². The van der Waals surface area contributed by atoms with E-state index in [9.17, 15) is 19.5 Å². The van der Waals surface area contributed by atoms with Crippen molar-refractivity contribution < 1.29 is 14.7 Å². The molecule has 0 aliphatic heterocycles. The fraction of sp³-hybridized carbons (Fsp3) is 0.222. The molecule has 1 atom stereocenters. The second-order valence-corrected chi connectivity index (χ2v) is 10.6. The number of benzene rings is 3. The van der Waals surface area contributed by atoms with Crippen molar-refractivity contribution in [2.75, 3.05) is 0 Å². The second kappa shape index (κ2) is 9.56. The van der Waals surface area contributed by atoms with Crippen molar-refractivity contribution in [3.05, 3.63) is 97.3 Å². The Hall–Kier alpha value is -3.26. The Morgan fingerprint density at radius 1 is 0.973 bits per heavy atom. The van der Waals surface area contributed by atoms with E-state index in [0.717, 1.165) is 18.4 Å². The third-order valence-corrected chi connectivity index (χ3v) is 7.50. The first kappa shape index (κ1) is 25.4. The van der Waals surface area contributed by atoms with E-state index in [2.05, 4.69) is 5.32 Å². The monoisotopic (exact) mass is 557 g/mol. The lowest BCUT2D eigenvalue weighted by Crippen LogP contribution is -2.53. The number of carbonyl (C=O) groups is 2. The van der Waals surface area contributed by atoms with E-state index in [1.807, 2.05) is 12.1 Å². The van der Waals surface area contributed by atoms with Crippen LogP contribution in [0, 0.1) is 0 Å². The quantitative estimate of drug-likeness (QED) is 0.295. The predicted molar refractivity (Wildman–Crippen MR) is 144 cm³/mol. The maximum atomic E-state index is 13.4. The number of rotatable bonds is 7. The first-order chi connectivity index (χ1) is 17.6. The Kier molecular flexibility index (Phi) is 6.56. The zero-order valence-corrected chi connectivity index (χ0v) is 21.9. The van der Waals surface area contributed by atoms with Crippen LogP contribution in [0.4, 0.5) is 0 Å². The SMILES string of the molecule is CC(Cc1ccc(-n2c(=O)n(C3CC3)c3cccc(Cl)c32)cc1)(NC(=O)c1c(Cl)cccc1Cl)C(=O)O. The minimum Gasteiger partial charge on any atom is -0.480 e. The van der Waals surface area contributed by atoms with Gasteiger partial charge in [0.05, 0.1) is 37.4 Å². The van der Waals surface area contributed by atoms with Crippen molar-refractivity contribution in [3.63, 3.8) is 0 Å². The topological polar surface area (TPSA) is 93.3 Å². The third kappa shape index (κ3) is 4.63. The van der Waals surface area contributed by atoms with E-state index in [4.69, 9.17) is 34.8 Å². The number of carboxylic acid groups (broad SMARTS) is 1. The van der Waals surface area contributed by atoms with Gasteiger partial charge in [0, 0.05) is 12.5 Å². The molecular weight excluding hydrogens is 537 g/mol. The van der Waals surface area contributed by atoms with Gasteiger partial charge in [0.15, 0.2) is 0 Å². The number of halogens is 3. The number of fused-ring (bicyclic) bond motifs is 1. The Balaban J connectivity index is 1.46. The maximum absolute atomic E-state index is 13.4. The van der Waals surface area contributed by atoms with Crippen LogP contribution < -0.4 is 11.0 Å². The van der Waals surface area contributed by atoms with Gasteiger partial charge in [-0.3, -0.25) is 13.9 Å². The molecule has 3 aromatic carbocycles. The molecule has 1 aliphatic rings. The minimum atomic E-state index is -1.65. The highest BCUT2D eigenvalue weighted by Crippen LogP contribution is 2.38. The Morgan fingerprint density at radius 3 is 2.16 bits per heavy atom. The van der Waals surface area contributed by atoms with Crippen molar-refractivity contribution in [2.45, 2.75) is 37.8 Å². The van der Waals surface area contributed by atoms with Gasteiger partial charge in [-0.05, 0) is 61.7 Å². The lowest BCUT2D eigenvalue weighted by Gasteiger charge is -2.27. The molecule has 0 saturated heterocycles. The molecule has 1 amide bonds. The number of hydrogen-bond acceptors (Lipinski definition) is 3. The van der Waals surface area contributed by atoms with Crippen molar-refractivity contribution in [2.24, 2.45) is 0 Å². The minimum absolute atomic E-state index is 0.0111. The van der Waals surface area contributed by atoms with Crippen molar-refractivity contribution in [1.82, 2.24) is 14.5 Å². The second-order valence-electron chi connectivity index (χ2n) is 9.36. The molecule has 0 spiro atoms. The summed E-state index contributed by atoms with van der Waals surface area (Å²) in [5.41, 5.74) is 0.856. The van der Waals surface area contributed by atoms with Crippen molar-refractivity contribution in [3.8, 4) is 5.69 Å². The highest BCUT2D eigenvalue weighted by molar-refractivity contribution is 6.39. The van der Waals surface area contributed by atoms with Gasteiger partial charge in [0.2, 0.25) is 0 Å². The van der Waals surface area contributed by atoms with Gasteiger partial charge in [0.25, 0.3) is 5.91 Å². The van der Waals surface area contributed by atoms with E-state index >= 15 is 0 Å². The van der Waals surface area contributed by atoms with Crippen LogP contribution in [0.3, 0.4) is 0 Å². The number of carboxylic acids is 1. The van der Waals surface area contributed by atoms with Crippen LogP contribution in [0.1, 0.15) is 41.7 Å². The number of aromatic nitrogens is 2. The van der Waals surface area contributed by atoms with Crippen LogP contribution in [0.15, 0.2) is 65.5 Å². The smallest absolute Gasteiger partial charge is 0.334 e. The molecule has 4 aromatic rings. The fourth-order valence-corrected chi connectivity index (χ4v) is 5.35. The average molecular weight is 559 g/mol. The lowest BCUT2D eigenvalue weighted by molar-refractivity contribution is -0.143. The summed E-state index contributed by atoms with van der Waals surface area (Å²) < 4.78 is 3.36. The highest BCUT2D eigenvalue weighted by Gasteiger charge is 2.36. The summed E-state index contributed by atoms with van der Waals surface area (Å²) in [5.74, 6) is -1.91. The van der Waals surface area contributed by atoms with Crippen LogP contribution >= 0.6 is 34.8 Å². The summed E-state index contributed by atoms with van der Waals surface area (Å²) in [6.45, 7) is 1.42. The Morgan fingerprint density at radius 2 is 1.57 bits per heavy atom. The molecule has 5 rings (SSSR count). The number of nitrogens with zero attached hydrogens (tertiary/aromatic N) is 2. The number of nitrogens with one attached hydrogen (secondary N) is 1. The molecule has 0 radical (unpaired) electrons. The Bertz CT molecular complexity index is 1590. The summed E-state index contributed by atoms with van der Waals surface area (Å²) in [6.07, 6.45) is 1.88. The van der Waals surface area contributed by atoms with E-state index in [1.54, 1.807) is 45.5 Å². The van der Waals surface area contributed by atoms with Crippen LogP contribution in [0.25, 0.3) is 16.7 Å². The first-order valence-corrected chi connectivity index (χ1v) is 12.7. The normalized spacial score (nSPS) is 14.9. The molecule has 1 saturated carbocycles. The maximum Gasteiger partial charge on any atom is 0.334 e. The summed E-state index contributed by atoms with van der Waals surface area (Å²) in [4.78, 5) is 38.5. The standard InChI is InChI=1S/C27H22Cl3N3O4/c1-27(25(35)36,31-24(34)22-18(28)4-2-5-19(22)29)14-15-8-10-17(11-9-15)33-23-20(30)6-3-7-21(23)32(26(33)37)16-12-13-16/h2-11,16H,12-14H2,1H3,(H,31,34)(H,35,36). The van der Waals surface area contributed by atoms with Crippen LogP contribution in [0.5, 0.6) is 0 Å². The number of hydrogen-bond donors (Lipinski definition) is 2. The molecule has 2 N–H and O–H groups in total. The molecule has 37 heavy (non-hydrogen) atoms. The lowest BCUT2D eigenvalue weighted by atomic mass is 9.92. The molecule has 1 unspecified atom stereocenters. The molecule has 10 heteroatoms. The van der Waals surface area contributed by atoms with Gasteiger partial charge in [-0.1, -0.05) is 59.1 Å². The number of aliphatic carboxylic acids is 1. The molecular formula is C27H22Cl3N3O4. The predicted octanol–water partition coefficient (Wildman–Crippen LogP) is 5.90. The van der Waals surface area contributed by atoms with E-state index in [1.165, 1.54) is 19.1 Å². The van der Waals surface area contributed by atoms with Crippen molar-refractivity contribution >= 4 is 57.7 Å². The van der Waals surface area contributed by atoms with Gasteiger partial charge < -0.3 is 10.4 Å². The number of amides is 1. The molecule has 1 fully saturated rings. The number of carbonyl (C=O) groups excluding carboxylic acids is 1. The van der Waals surface area contributed by atoms with Crippen LogP contribution in [0.2, 0.25) is 15.1 Å². The van der Waals surface area contributed by atoms with E-state index in [-0.39, 0.29) is 33.8 Å². The molecule has 0 bridgehead atoms. The molecule has 1 aliphatic carbocycles. The third-order valence-electron chi connectivity index (χ3n) is 6.56. The zero-order valence-electron chi connectivity index (χ0n) is 19.7. The average Bonchev–Trinajstić information content (AvgIpc) is 3.62. The first-order valence-electron chi connectivity index (χ1n) is 11.6.